The topological polar surface area (TPSA) is 35.2 Å². The maximum absolute atomic E-state index is 4.32. The van der Waals surface area contributed by atoms with Crippen LogP contribution in [0.5, 0.6) is 0 Å². The highest BCUT2D eigenvalue weighted by molar-refractivity contribution is 5.62. The van der Waals surface area contributed by atoms with Gasteiger partial charge in [-0.3, -0.25) is 10.00 Å². The third kappa shape index (κ3) is 4.70. The van der Waals surface area contributed by atoms with Gasteiger partial charge in [0.25, 0.3) is 0 Å². The highest BCUT2D eigenvalue weighted by atomic mass is 15.2. The van der Waals surface area contributed by atoms with E-state index in [1.165, 1.54) is 36.1 Å². The Morgan fingerprint density at radius 2 is 1.82 bits per heavy atom. The average molecular weight is 375 g/mol. The normalized spacial score (nSPS) is 17.9. The molecule has 146 valence electrons. The van der Waals surface area contributed by atoms with Crippen LogP contribution in [0, 0.1) is 0 Å². The first-order valence-corrected chi connectivity index (χ1v) is 10.3. The lowest BCUT2D eigenvalue weighted by atomic mass is 10.0. The number of piperidine rings is 1. The molecule has 1 aromatic heterocycles. The molecule has 1 saturated heterocycles. The predicted molar refractivity (Wildman–Crippen MR) is 115 cm³/mol. The van der Waals surface area contributed by atoms with Crippen LogP contribution in [-0.2, 0) is 13.0 Å². The van der Waals surface area contributed by atoms with Crippen molar-refractivity contribution in [3.63, 3.8) is 0 Å². The fourth-order valence-electron chi connectivity index (χ4n) is 4.19. The predicted octanol–water partition coefficient (Wildman–Crippen LogP) is 4.22. The summed E-state index contributed by atoms with van der Waals surface area (Å²) in [5.41, 5.74) is 5.08. The molecule has 28 heavy (non-hydrogen) atoms. The fourth-order valence-corrected chi connectivity index (χ4v) is 4.19. The molecule has 2 heterocycles. The van der Waals surface area contributed by atoms with Gasteiger partial charge in [-0.1, -0.05) is 60.7 Å². The summed E-state index contributed by atoms with van der Waals surface area (Å²) in [6.45, 7) is 4.38. The van der Waals surface area contributed by atoms with Crippen molar-refractivity contribution in [3.8, 4) is 11.3 Å². The van der Waals surface area contributed by atoms with E-state index in [1.807, 2.05) is 6.20 Å². The molecular weight excluding hydrogens is 344 g/mol. The summed E-state index contributed by atoms with van der Waals surface area (Å²) in [6.07, 6.45) is 5.66. The molecule has 0 spiro atoms. The third-order valence-electron chi connectivity index (χ3n) is 5.87. The summed E-state index contributed by atoms with van der Waals surface area (Å²) in [5, 5.41) is 7.52. The minimum Gasteiger partial charge on any atom is -0.302 e. The van der Waals surface area contributed by atoms with Crippen molar-refractivity contribution >= 4 is 0 Å². The molecule has 1 fully saturated rings. The lowest BCUT2D eigenvalue weighted by Crippen LogP contribution is -2.46. The third-order valence-corrected chi connectivity index (χ3v) is 5.87. The largest absolute Gasteiger partial charge is 0.302 e. The quantitative estimate of drug-likeness (QED) is 0.673. The molecule has 0 bridgehead atoms. The number of H-pyrrole nitrogens is 1. The Balaban J connectivity index is 1.35. The van der Waals surface area contributed by atoms with Gasteiger partial charge in [-0.2, -0.15) is 5.10 Å². The number of aromatic nitrogens is 2. The Morgan fingerprint density at radius 1 is 1.07 bits per heavy atom. The maximum atomic E-state index is 4.32. The van der Waals surface area contributed by atoms with Gasteiger partial charge in [-0.05, 0) is 44.0 Å². The van der Waals surface area contributed by atoms with Gasteiger partial charge in [0.05, 0.1) is 11.9 Å². The summed E-state index contributed by atoms with van der Waals surface area (Å²) in [6, 6.07) is 21.9. The van der Waals surface area contributed by atoms with Gasteiger partial charge >= 0.3 is 0 Å². The molecule has 4 rings (SSSR count). The van der Waals surface area contributed by atoms with Gasteiger partial charge in [0.1, 0.15) is 0 Å². The van der Waals surface area contributed by atoms with Crippen LogP contribution in [0.25, 0.3) is 11.3 Å². The minimum absolute atomic E-state index is 0.629. The highest BCUT2D eigenvalue weighted by Gasteiger charge is 2.24. The maximum Gasteiger partial charge on any atom is 0.0695 e. The minimum atomic E-state index is 0.629. The molecule has 1 N–H and O–H groups in total. The van der Waals surface area contributed by atoms with Gasteiger partial charge in [0.15, 0.2) is 0 Å². The fraction of sp³-hybridized carbons (Fsp3) is 0.375. The van der Waals surface area contributed by atoms with E-state index in [-0.39, 0.29) is 0 Å². The van der Waals surface area contributed by atoms with Gasteiger partial charge < -0.3 is 4.90 Å². The summed E-state index contributed by atoms with van der Waals surface area (Å²) < 4.78 is 0. The van der Waals surface area contributed by atoms with E-state index in [9.17, 15) is 0 Å². The zero-order chi connectivity index (χ0) is 19.2. The first-order valence-electron chi connectivity index (χ1n) is 10.3. The van der Waals surface area contributed by atoms with E-state index in [0.717, 1.165) is 31.7 Å². The molecule has 0 unspecified atom stereocenters. The lowest BCUT2D eigenvalue weighted by molar-refractivity contribution is 0.112. The van der Waals surface area contributed by atoms with Crippen LogP contribution in [-0.4, -0.2) is 52.7 Å². The van der Waals surface area contributed by atoms with E-state index < -0.39 is 0 Å². The number of likely N-dealkylation sites (tertiary alicyclic amines) is 1. The van der Waals surface area contributed by atoms with Crippen LogP contribution < -0.4 is 0 Å². The first kappa shape index (κ1) is 18.9. The zero-order valence-corrected chi connectivity index (χ0v) is 16.7. The van der Waals surface area contributed by atoms with Crippen molar-refractivity contribution in [2.24, 2.45) is 0 Å². The molecule has 3 aromatic rings. The van der Waals surface area contributed by atoms with Crippen LogP contribution in [0.2, 0.25) is 0 Å². The number of hydrogen-bond acceptors (Lipinski definition) is 3. The molecule has 4 heteroatoms. The highest BCUT2D eigenvalue weighted by Crippen LogP contribution is 2.24. The Morgan fingerprint density at radius 3 is 2.61 bits per heavy atom. The zero-order valence-electron chi connectivity index (χ0n) is 16.7. The summed E-state index contributed by atoms with van der Waals surface area (Å²) in [7, 11) is 2.28. The van der Waals surface area contributed by atoms with Crippen molar-refractivity contribution in [2.75, 3.05) is 26.7 Å². The standard InChI is InChI=1S/C24H30N4/c1-27(16-14-20-9-4-2-5-10-20)23-13-8-15-28(19-23)18-22-17-25-26-24(22)21-11-6-3-7-12-21/h2-7,9-12,17,23H,8,13-16,18-19H2,1H3,(H,25,26)/t23-/m0/s1. The average Bonchev–Trinajstić information content (AvgIpc) is 3.21. The summed E-state index contributed by atoms with van der Waals surface area (Å²) in [5.74, 6) is 0. The number of rotatable bonds is 7. The number of likely N-dealkylation sites (N-methyl/N-ethyl adjacent to an activating group) is 1. The molecule has 0 radical (unpaired) electrons. The number of aromatic amines is 1. The van der Waals surface area contributed by atoms with E-state index in [4.69, 9.17) is 0 Å². The number of nitrogens with one attached hydrogen (secondary N) is 1. The molecule has 1 atom stereocenters. The monoisotopic (exact) mass is 374 g/mol. The van der Waals surface area contributed by atoms with E-state index in [0.29, 0.717) is 6.04 Å². The van der Waals surface area contributed by atoms with Crippen molar-refractivity contribution in [1.29, 1.82) is 0 Å². The van der Waals surface area contributed by atoms with Gasteiger partial charge in [0, 0.05) is 31.2 Å². The van der Waals surface area contributed by atoms with Crippen molar-refractivity contribution in [1.82, 2.24) is 20.0 Å². The Hall–Kier alpha value is -2.43. The number of hydrogen-bond donors (Lipinski definition) is 1. The Kier molecular flexibility index (Phi) is 6.20. The molecule has 0 amide bonds. The van der Waals surface area contributed by atoms with Crippen LogP contribution in [0.1, 0.15) is 24.0 Å². The molecule has 1 aliphatic heterocycles. The first-order chi connectivity index (χ1) is 13.8. The van der Waals surface area contributed by atoms with Crippen LogP contribution in [0.3, 0.4) is 0 Å². The Bertz CT molecular complexity index is 843. The van der Waals surface area contributed by atoms with Crippen LogP contribution >= 0.6 is 0 Å². The number of benzene rings is 2. The molecule has 1 aliphatic rings. The summed E-state index contributed by atoms with van der Waals surface area (Å²) >= 11 is 0. The molecule has 4 nitrogen and oxygen atoms in total. The van der Waals surface area contributed by atoms with E-state index in [2.05, 4.69) is 87.7 Å². The molecular formula is C24H30N4. The number of nitrogens with zero attached hydrogens (tertiary/aromatic N) is 3. The lowest BCUT2D eigenvalue weighted by Gasteiger charge is -2.37. The van der Waals surface area contributed by atoms with Crippen molar-refractivity contribution in [2.45, 2.75) is 31.8 Å². The van der Waals surface area contributed by atoms with E-state index in [1.54, 1.807) is 0 Å². The van der Waals surface area contributed by atoms with Gasteiger partial charge in [-0.15, -0.1) is 0 Å². The molecule has 0 saturated carbocycles. The Labute approximate surface area is 168 Å². The van der Waals surface area contributed by atoms with Crippen LogP contribution in [0.4, 0.5) is 0 Å². The van der Waals surface area contributed by atoms with E-state index >= 15 is 0 Å². The van der Waals surface area contributed by atoms with Crippen molar-refractivity contribution in [3.05, 3.63) is 78.0 Å². The van der Waals surface area contributed by atoms with Gasteiger partial charge in [0.2, 0.25) is 0 Å². The SMILES string of the molecule is CN(CCc1ccccc1)[C@H]1CCCN(Cc2cn[nH]c2-c2ccccc2)C1. The van der Waals surface area contributed by atoms with Crippen LogP contribution in [0.15, 0.2) is 66.9 Å². The van der Waals surface area contributed by atoms with Crippen molar-refractivity contribution < 1.29 is 0 Å². The second kappa shape index (κ2) is 9.18. The van der Waals surface area contributed by atoms with Gasteiger partial charge in [-0.25, -0.2) is 0 Å². The second-order valence-corrected chi connectivity index (χ2v) is 7.88. The summed E-state index contributed by atoms with van der Waals surface area (Å²) in [4.78, 5) is 5.14. The molecule has 2 aromatic carbocycles. The molecule has 0 aliphatic carbocycles. The second-order valence-electron chi connectivity index (χ2n) is 7.88. The smallest absolute Gasteiger partial charge is 0.0695 e.